The molecule has 2 aromatic carbocycles. The second kappa shape index (κ2) is 8.43. The van der Waals surface area contributed by atoms with Gasteiger partial charge in [0.05, 0.1) is 5.60 Å². The Morgan fingerprint density at radius 3 is 2.46 bits per heavy atom. The highest BCUT2D eigenvalue weighted by molar-refractivity contribution is 6.30. The van der Waals surface area contributed by atoms with Crippen molar-refractivity contribution in [3.8, 4) is 0 Å². The van der Waals surface area contributed by atoms with E-state index in [1.165, 1.54) is 5.56 Å². The topological polar surface area (TPSA) is 49.5 Å². The molecule has 26 heavy (non-hydrogen) atoms. The number of nitrogens with two attached hydrogens (primary N) is 1. The van der Waals surface area contributed by atoms with Crippen LogP contribution in [0.1, 0.15) is 43.7 Å². The number of halogens is 1. The maximum atomic E-state index is 11.1. The minimum atomic E-state index is -0.741. The largest absolute Gasteiger partial charge is 0.399 e. The van der Waals surface area contributed by atoms with Gasteiger partial charge in [0.1, 0.15) is 0 Å². The molecule has 3 N–H and O–H groups in total. The molecule has 4 heteroatoms. The normalized spacial score (nSPS) is 18.6. The van der Waals surface area contributed by atoms with E-state index in [0.29, 0.717) is 11.1 Å². The molecule has 0 saturated carbocycles. The second-order valence-corrected chi connectivity index (χ2v) is 7.90. The van der Waals surface area contributed by atoms with E-state index in [4.69, 9.17) is 17.3 Å². The zero-order valence-corrected chi connectivity index (χ0v) is 16.3. The Hall–Kier alpha value is -1.55. The standard InChI is InChI=1S/C22H29ClN2O/c1-2-4-21(16-17-5-3-6-20(24)15-17)25-13-11-22(26,12-14-25)18-7-9-19(23)10-8-18/h3,5-10,15,21,26H,2,4,11-14,16,24H2,1H3. The van der Waals surface area contributed by atoms with Crippen LogP contribution in [0.15, 0.2) is 48.5 Å². The molecule has 1 aliphatic heterocycles. The van der Waals surface area contributed by atoms with Gasteiger partial charge in [0.15, 0.2) is 0 Å². The third-order valence-electron chi connectivity index (χ3n) is 5.57. The molecule has 2 aromatic rings. The fourth-order valence-corrected chi connectivity index (χ4v) is 4.17. The summed E-state index contributed by atoms with van der Waals surface area (Å²) in [5, 5.41) is 11.8. The Kier molecular flexibility index (Phi) is 6.23. The van der Waals surface area contributed by atoms with Gasteiger partial charge in [-0.15, -0.1) is 0 Å². The van der Waals surface area contributed by atoms with Gasteiger partial charge in [0, 0.05) is 29.8 Å². The third kappa shape index (κ3) is 4.59. The lowest BCUT2D eigenvalue weighted by atomic mass is 9.83. The van der Waals surface area contributed by atoms with Gasteiger partial charge < -0.3 is 10.8 Å². The van der Waals surface area contributed by atoms with Crippen LogP contribution < -0.4 is 5.73 Å². The van der Waals surface area contributed by atoms with Gasteiger partial charge in [-0.3, -0.25) is 4.90 Å². The summed E-state index contributed by atoms with van der Waals surface area (Å²) in [7, 11) is 0. The lowest BCUT2D eigenvalue weighted by Gasteiger charge is -2.42. The molecule has 0 bridgehead atoms. The highest BCUT2D eigenvalue weighted by atomic mass is 35.5. The third-order valence-corrected chi connectivity index (χ3v) is 5.82. The second-order valence-electron chi connectivity index (χ2n) is 7.47. The minimum absolute atomic E-state index is 0.497. The molecule has 0 amide bonds. The molecule has 0 aromatic heterocycles. The average Bonchev–Trinajstić information content (AvgIpc) is 2.63. The highest BCUT2D eigenvalue weighted by Crippen LogP contribution is 2.34. The van der Waals surface area contributed by atoms with Crippen molar-refractivity contribution >= 4 is 17.3 Å². The van der Waals surface area contributed by atoms with Gasteiger partial charge in [-0.05, 0) is 61.1 Å². The number of anilines is 1. The quantitative estimate of drug-likeness (QED) is 0.727. The van der Waals surface area contributed by atoms with Crippen LogP contribution in [0.25, 0.3) is 0 Å². The SMILES string of the molecule is CCCC(Cc1cccc(N)c1)N1CCC(O)(c2ccc(Cl)cc2)CC1. The number of aliphatic hydroxyl groups is 1. The molecule has 140 valence electrons. The van der Waals surface area contributed by atoms with Crippen molar-refractivity contribution < 1.29 is 5.11 Å². The van der Waals surface area contributed by atoms with Gasteiger partial charge in [-0.2, -0.15) is 0 Å². The molecule has 3 nitrogen and oxygen atoms in total. The number of piperidine rings is 1. The van der Waals surface area contributed by atoms with Crippen LogP contribution in [-0.4, -0.2) is 29.1 Å². The first-order valence-corrected chi connectivity index (χ1v) is 9.95. The van der Waals surface area contributed by atoms with E-state index in [1.807, 2.05) is 36.4 Å². The molecule has 1 atom stereocenters. The van der Waals surface area contributed by atoms with Crippen LogP contribution in [-0.2, 0) is 12.0 Å². The number of nitrogen functional groups attached to an aromatic ring is 1. The summed E-state index contributed by atoms with van der Waals surface area (Å²) < 4.78 is 0. The van der Waals surface area contributed by atoms with Crippen molar-refractivity contribution in [3.05, 3.63) is 64.7 Å². The Bertz CT molecular complexity index is 708. The minimum Gasteiger partial charge on any atom is -0.399 e. The average molecular weight is 373 g/mol. The molecular weight excluding hydrogens is 344 g/mol. The summed E-state index contributed by atoms with van der Waals surface area (Å²) in [6.45, 7) is 4.05. The monoisotopic (exact) mass is 372 g/mol. The van der Waals surface area contributed by atoms with Crippen molar-refractivity contribution in [2.24, 2.45) is 0 Å². The molecule has 1 heterocycles. The predicted molar refractivity (Wildman–Crippen MR) is 109 cm³/mol. The van der Waals surface area contributed by atoms with Crippen molar-refractivity contribution in [1.29, 1.82) is 0 Å². The van der Waals surface area contributed by atoms with Crippen LogP contribution in [0.3, 0.4) is 0 Å². The number of hydrogen-bond acceptors (Lipinski definition) is 3. The van der Waals surface area contributed by atoms with E-state index in [1.54, 1.807) is 0 Å². The van der Waals surface area contributed by atoms with Crippen molar-refractivity contribution in [3.63, 3.8) is 0 Å². The summed E-state index contributed by atoms with van der Waals surface area (Å²) in [5.41, 5.74) is 8.30. The number of nitrogens with zero attached hydrogens (tertiary/aromatic N) is 1. The molecule has 0 radical (unpaired) electrons. The van der Waals surface area contributed by atoms with Crippen molar-refractivity contribution in [1.82, 2.24) is 4.90 Å². The molecule has 1 saturated heterocycles. The van der Waals surface area contributed by atoms with E-state index in [0.717, 1.165) is 56.4 Å². The fraction of sp³-hybridized carbons (Fsp3) is 0.455. The first kappa shape index (κ1) is 19.2. The zero-order valence-electron chi connectivity index (χ0n) is 15.5. The van der Waals surface area contributed by atoms with E-state index in [-0.39, 0.29) is 0 Å². The summed E-state index contributed by atoms with van der Waals surface area (Å²) in [4.78, 5) is 2.54. The van der Waals surface area contributed by atoms with Crippen molar-refractivity contribution in [2.45, 2.75) is 50.7 Å². The Morgan fingerprint density at radius 1 is 1.15 bits per heavy atom. The van der Waals surface area contributed by atoms with Crippen LogP contribution >= 0.6 is 11.6 Å². The fourth-order valence-electron chi connectivity index (χ4n) is 4.05. The smallest absolute Gasteiger partial charge is 0.0920 e. The van der Waals surface area contributed by atoms with Crippen molar-refractivity contribution in [2.75, 3.05) is 18.8 Å². The molecule has 0 spiro atoms. The Balaban J connectivity index is 1.66. The molecule has 1 fully saturated rings. The number of likely N-dealkylation sites (tertiary alicyclic amines) is 1. The molecule has 1 unspecified atom stereocenters. The molecular formula is C22H29ClN2O. The zero-order chi connectivity index (χ0) is 18.6. The number of rotatable bonds is 6. The maximum absolute atomic E-state index is 11.1. The molecule has 3 rings (SSSR count). The number of benzene rings is 2. The Morgan fingerprint density at radius 2 is 1.85 bits per heavy atom. The number of hydrogen-bond donors (Lipinski definition) is 2. The Labute approximate surface area is 161 Å². The van der Waals surface area contributed by atoms with Gasteiger partial charge in [0.25, 0.3) is 0 Å². The van der Waals surface area contributed by atoms with Crippen LogP contribution in [0.4, 0.5) is 5.69 Å². The van der Waals surface area contributed by atoms with Gasteiger partial charge in [-0.25, -0.2) is 0 Å². The summed E-state index contributed by atoms with van der Waals surface area (Å²) in [6, 6.07) is 16.3. The van der Waals surface area contributed by atoms with E-state index < -0.39 is 5.60 Å². The lowest BCUT2D eigenvalue weighted by Crippen LogP contribution is -2.47. The first-order chi connectivity index (χ1) is 12.5. The van der Waals surface area contributed by atoms with Crippen LogP contribution in [0.2, 0.25) is 5.02 Å². The predicted octanol–water partition coefficient (Wildman–Crippen LogP) is 4.62. The molecule has 1 aliphatic rings. The van der Waals surface area contributed by atoms with E-state index >= 15 is 0 Å². The highest BCUT2D eigenvalue weighted by Gasteiger charge is 2.35. The maximum Gasteiger partial charge on any atom is 0.0920 e. The summed E-state index contributed by atoms with van der Waals surface area (Å²) in [5.74, 6) is 0. The lowest BCUT2D eigenvalue weighted by molar-refractivity contribution is -0.0365. The first-order valence-electron chi connectivity index (χ1n) is 9.57. The van der Waals surface area contributed by atoms with E-state index in [9.17, 15) is 5.11 Å². The van der Waals surface area contributed by atoms with E-state index in [2.05, 4.69) is 24.0 Å². The van der Waals surface area contributed by atoms with Gasteiger partial charge in [0.2, 0.25) is 0 Å². The summed E-state index contributed by atoms with van der Waals surface area (Å²) in [6.07, 6.45) is 4.84. The summed E-state index contributed by atoms with van der Waals surface area (Å²) >= 11 is 5.98. The van der Waals surface area contributed by atoms with Gasteiger partial charge in [-0.1, -0.05) is 49.2 Å². The van der Waals surface area contributed by atoms with Crippen LogP contribution in [0.5, 0.6) is 0 Å². The molecule has 0 aliphatic carbocycles. The van der Waals surface area contributed by atoms with Gasteiger partial charge >= 0.3 is 0 Å². The van der Waals surface area contributed by atoms with Crippen LogP contribution in [0, 0.1) is 0 Å².